The molecule has 1 N–H and O–H groups in total. The van der Waals surface area contributed by atoms with Crippen LogP contribution in [-0.4, -0.2) is 32.2 Å². The van der Waals surface area contributed by atoms with Crippen molar-refractivity contribution in [1.29, 1.82) is 0 Å². The number of aromatic nitrogens is 3. The molecule has 1 aliphatic carbocycles. The van der Waals surface area contributed by atoms with E-state index in [1.54, 1.807) is 18.3 Å². The number of nitrogens with zero attached hydrogens (tertiary/aromatic N) is 3. The molecule has 1 amide bonds. The number of para-hydroxylation sites is 1. The standard InChI is InChI=1S/C21H22N4O2S/c1-13-7-10-18(22-11-13)25-20(27)16-5-3-4-6-17(16)24-21(25)28-12-19(26)23-14(2)15-8-9-15/h3-7,10-11,14-15H,8-9,12H2,1-2H3,(H,23,26)/t14-/m0/s1. The number of hydrogen-bond acceptors (Lipinski definition) is 5. The number of aryl methyl sites for hydroxylation is 1. The van der Waals surface area contributed by atoms with Crippen molar-refractivity contribution >= 4 is 28.6 Å². The molecule has 1 atom stereocenters. The second kappa shape index (κ2) is 7.75. The Kier molecular flexibility index (Phi) is 5.17. The molecule has 2 heterocycles. The second-order valence-electron chi connectivity index (χ2n) is 7.23. The number of benzene rings is 1. The van der Waals surface area contributed by atoms with Crippen LogP contribution in [0.1, 0.15) is 25.3 Å². The molecule has 4 rings (SSSR count). The van der Waals surface area contributed by atoms with Crippen LogP contribution in [0.5, 0.6) is 0 Å². The molecule has 6 nitrogen and oxygen atoms in total. The first-order chi connectivity index (χ1) is 13.5. The fraction of sp³-hybridized carbons (Fsp3) is 0.333. The highest BCUT2D eigenvalue weighted by Crippen LogP contribution is 2.32. The van der Waals surface area contributed by atoms with Crippen molar-refractivity contribution in [3.8, 4) is 5.82 Å². The summed E-state index contributed by atoms with van der Waals surface area (Å²) in [5.74, 6) is 1.26. The number of fused-ring (bicyclic) bond motifs is 1. The maximum Gasteiger partial charge on any atom is 0.267 e. The number of hydrogen-bond donors (Lipinski definition) is 1. The number of rotatable bonds is 6. The maximum absolute atomic E-state index is 13.1. The normalized spacial score (nSPS) is 14.8. The van der Waals surface area contributed by atoms with Gasteiger partial charge in [-0.05, 0) is 56.4 Å². The van der Waals surface area contributed by atoms with Crippen LogP contribution in [0.25, 0.3) is 16.7 Å². The smallest absolute Gasteiger partial charge is 0.267 e. The molecule has 28 heavy (non-hydrogen) atoms. The van der Waals surface area contributed by atoms with Crippen LogP contribution in [0.4, 0.5) is 0 Å². The maximum atomic E-state index is 13.1. The predicted octanol–water partition coefficient (Wildman–Crippen LogP) is 3.10. The lowest BCUT2D eigenvalue weighted by molar-refractivity contribution is -0.119. The van der Waals surface area contributed by atoms with Gasteiger partial charge >= 0.3 is 0 Å². The van der Waals surface area contributed by atoms with Gasteiger partial charge in [0, 0.05) is 12.2 Å². The van der Waals surface area contributed by atoms with Crippen molar-refractivity contribution < 1.29 is 4.79 Å². The molecule has 7 heteroatoms. The van der Waals surface area contributed by atoms with Gasteiger partial charge in [-0.25, -0.2) is 14.5 Å². The summed E-state index contributed by atoms with van der Waals surface area (Å²) in [6.07, 6.45) is 4.08. The fourth-order valence-electron chi connectivity index (χ4n) is 3.14. The molecular formula is C21H22N4O2S. The SMILES string of the molecule is Cc1ccc(-n2c(SCC(=O)N[C@@H](C)C3CC3)nc3ccccc3c2=O)nc1. The highest BCUT2D eigenvalue weighted by Gasteiger charge is 2.28. The monoisotopic (exact) mass is 394 g/mol. The van der Waals surface area contributed by atoms with Crippen molar-refractivity contribution in [2.75, 3.05) is 5.75 Å². The van der Waals surface area contributed by atoms with E-state index in [0.29, 0.717) is 27.8 Å². The van der Waals surface area contributed by atoms with E-state index < -0.39 is 0 Å². The molecule has 0 spiro atoms. The van der Waals surface area contributed by atoms with Gasteiger partial charge < -0.3 is 5.32 Å². The van der Waals surface area contributed by atoms with Crippen LogP contribution in [0.15, 0.2) is 52.5 Å². The van der Waals surface area contributed by atoms with E-state index in [0.717, 1.165) is 5.56 Å². The van der Waals surface area contributed by atoms with Gasteiger partial charge in [0.25, 0.3) is 5.56 Å². The van der Waals surface area contributed by atoms with Gasteiger partial charge in [-0.2, -0.15) is 0 Å². The summed E-state index contributed by atoms with van der Waals surface area (Å²) < 4.78 is 1.49. The van der Waals surface area contributed by atoms with E-state index in [1.807, 2.05) is 38.1 Å². The first-order valence-corrected chi connectivity index (χ1v) is 10.4. The number of thioether (sulfide) groups is 1. The predicted molar refractivity (Wildman–Crippen MR) is 111 cm³/mol. The first-order valence-electron chi connectivity index (χ1n) is 9.40. The Bertz CT molecular complexity index is 1070. The van der Waals surface area contributed by atoms with Gasteiger partial charge in [0.15, 0.2) is 5.16 Å². The minimum atomic E-state index is -0.184. The third-order valence-corrected chi connectivity index (χ3v) is 5.86. The lowest BCUT2D eigenvalue weighted by atomic mass is 10.2. The van der Waals surface area contributed by atoms with Crippen LogP contribution >= 0.6 is 11.8 Å². The van der Waals surface area contributed by atoms with E-state index >= 15 is 0 Å². The molecule has 0 saturated heterocycles. The van der Waals surface area contributed by atoms with E-state index in [4.69, 9.17) is 0 Å². The molecule has 0 bridgehead atoms. The fourth-order valence-corrected chi connectivity index (χ4v) is 3.96. The zero-order valence-electron chi connectivity index (χ0n) is 15.9. The van der Waals surface area contributed by atoms with Crippen molar-refractivity contribution in [2.24, 2.45) is 5.92 Å². The zero-order valence-corrected chi connectivity index (χ0v) is 16.7. The molecule has 1 aromatic carbocycles. The molecule has 0 radical (unpaired) electrons. The van der Waals surface area contributed by atoms with E-state index in [9.17, 15) is 9.59 Å². The molecule has 0 unspecified atom stereocenters. The van der Waals surface area contributed by atoms with Gasteiger partial charge in [-0.3, -0.25) is 9.59 Å². The number of amides is 1. The molecule has 3 aromatic rings. The lowest BCUT2D eigenvalue weighted by Crippen LogP contribution is -2.35. The molecule has 1 fully saturated rings. The average molecular weight is 395 g/mol. The van der Waals surface area contributed by atoms with Gasteiger partial charge in [0.2, 0.25) is 5.91 Å². The van der Waals surface area contributed by atoms with Crippen molar-refractivity contribution in [3.63, 3.8) is 0 Å². The van der Waals surface area contributed by atoms with E-state index in [-0.39, 0.29) is 23.3 Å². The quantitative estimate of drug-likeness (QED) is 0.514. The summed E-state index contributed by atoms with van der Waals surface area (Å²) in [4.78, 5) is 34.5. The van der Waals surface area contributed by atoms with Crippen LogP contribution in [0, 0.1) is 12.8 Å². The topological polar surface area (TPSA) is 76.9 Å². The Morgan fingerprint density at radius 2 is 2.07 bits per heavy atom. The Balaban J connectivity index is 1.67. The van der Waals surface area contributed by atoms with Gasteiger partial charge in [-0.1, -0.05) is 30.0 Å². The van der Waals surface area contributed by atoms with Crippen LogP contribution < -0.4 is 10.9 Å². The molecular weight excluding hydrogens is 372 g/mol. The van der Waals surface area contributed by atoms with Gasteiger partial charge in [-0.15, -0.1) is 0 Å². The van der Waals surface area contributed by atoms with Gasteiger partial charge in [0.05, 0.1) is 16.7 Å². The Morgan fingerprint density at radius 1 is 1.29 bits per heavy atom. The summed E-state index contributed by atoms with van der Waals surface area (Å²) in [7, 11) is 0. The number of carbonyl (C=O) groups is 1. The van der Waals surface area contributed by atoms with Crippen molar-refractivity contribution in [1.82, 2.24) is 19.9 Å². The summed E-state index contributed by atoms with van der Waals surface area (Å²) in [6.45, 7) is 3.99. The van der Waals surface area contributed by atoms with Crippen molar-refractivity contribution in [2.45, 2.75) is 37.9 Å². The number of nitrogens with one attached hydrogen (secondary N) is 1. The van der Waals surface area contributed by atoms with Crippen LogP contribution in [0.2, 0.25) is 0 Å². The number of pyridine rings is 1. The average Bonchev–Trinajstić information content (AvgIpc) is 3.53. The Labute approximate surface area is 167 Å². The van der Waals surface area contributed by atoms with E-state index in [2.05, 4.69) is 15.3 Å². The third kappa shape index (κ3) is 3.94. The largest absolute Gasteiger partial charge is 0.353 e. The third-order valence-electron chi connectivity index (χ3n) is 4.92. The van der Waals surface area contributed by atoms with Gasteiger partial charge in [0.1, 0.15) is 5.82 Å². The zero-order chi connectivity index (χ0) is 19.7. The molecule has 0 aliphatic heterocycles. The van der Waals surface area contributed by atoms with Crippen LogP contribution in [0.3, 0.4) is 0 Å². The summed E-state index contributed by atoms with van der Waals surface area (Å²) in [5.41, 5.74) is 1.44. The molecule has 2 aromatic heterocycles. The van der Waals surface area contributed by atoms with Crippen molar-refractivity contribution in [3.05, 3.63) is 58.5 Å². The summed E-state index contributed by atoms with van der Waals surface area (Å²) in [6, 6.07) is 11.1. The minimum Gasteiger partial charge on any atom is -0.353 e. The minimum absolute atomic E-state index is 0.0461. The van der Waals surface area contributed by atoms with E-state index in [1.165, 1.54) is 29.2 Å². The molecule has 1 saturated carbocycles. The highest BCUT2D eigenvalue weighted by atomic mass is 32.2. The second-order valence-corrected chi connectivity index (χ2v) is 8.17. The lowest BCUT2D eigenvalue weighted by Gasteiger charge is -2.14. The summed E-state index contributed by atoms with van der Waals surface area (Å²) >= 11 is 1.26. The van der Waals surface area contributed by atoms with Crippen LogP contribution in [-0.2, 0) is 4.79 Å². The summed E-state index contributed by atoms with van der Waals surface area (Å²) in [5, 5.41) is 4.04. The molecule has 144 valence electrons. The molecule has 1 aliphatic rings. The number of carbonyl (C=O) groups excluding carboxylic acids is 1. The highest BCUT2D eigenvalue weighted by molar-refractivity contribution is 7.99. The Hall–Kier alpha value is -2.67. The first kappa shape index (κ1) is 18.7. The Morgan fingerprint density at radius 3 is 2.79 bits per heavy atom.